The number of benzene rings is 2. The molecule has 0 spiro atoms. The highest BCUT2D eigenvalue weighted by atomic mass is 19.1. The van der Waals surface area contributed by atoms with Crippen molar-refractivity contribution in [2.45, 2.75) is 19.1 Å². The molecule has 0 aromatic heterocycles. The summed E-state index contributed by atoms with van der Waals surface area (Å²) in [5, 5.41) is 2.73. The van der Waals surface area contributed by atoms with Crippen molar-refractivity contribution in [3.63, 3.8) is 0 Å². The SMILES string of the molecule is CC1(CCNC(=O)c2cc(-c3ccccc3)ccc2F)OCCO1. The Kier molecular flexibility index (Phi) is 4.92. The van der Waals surface area contributed by atoms with E-state index >= 15 is 0 Å². The van der Waals surface area contributed by atoms with Crippen molar-refractivity contribution in [1.29, 1.82) is 0 Å². The maximum absolute atomic E-state index is 14.0. The van der Waals surface area contributed by atoms with Gasteiger partial charge in [0.05, 0.1) is 18.8 Å². The first-order valence-corrected chi connectivity index (χ1v) is 7.98. The molecule has 0 unspecified atom stereocenters. The molecule has 0 atom stereocenters. The fraction of sp³-hybridized carbons (Fsp3) is 0.316. The molecule has 0 bridgehead atoms. The first kappa shape index (κ1) is 16.6. The smallest absolute Gasteiger partial charge is 0.254 e. The maximum atomic E-state index is 14.0. The number of carbonyl (C=O) groups excluding carboxylic acids is 1. The second-order valence-corrected chi connectivity index (χ2v) is 5.90. The summed E-state index contributed by atoms with van der Waals surface area (Å²) in [5.41, 5.74) is 1.78. The summed E-state index contributed by atoms with van der Waals surface area (Å²) in [5.74, 6) is -1.64. The molecule has 126 valence electrons. The molecule has 2 aromatic rings. The summed E-state index contributed by atoms with van der Waals surface area (Å²) in [6.07, 6.45) is 0.513. The fourth-order valence-corrected chi connectivity index (χ4v) is 2.71. The molecule has 24 heavy (non-hydrogen) atoms. The van der Waals surface area contributed by atoms with E-state index in [9.17, 15) is 9.18 Å². The highest BCUT2D eigenvalue weighted by Crippen LogP contribution is 2.23. The summed E-state index contributed by atoms with van der Waals surface area (Å²) < 4.78 is 25.0. The third kappa shape index (κ3) is 3.80. The standard InChI is InChI=1S/C19H20FNO3/c1-19(23-11-12-24-19)9-10-21-18(22)16-13-15(7-8-17(16)20)14-5-3-2-4-6-14/h2-8,13H,9-12H2,1H3,(H,21,22). The van der Waals surface area contributed by atoms with Gasteiger partial charge in [0, 0.05) is 13.0 Å². The van der Waals surface area contributed by atoms with Crippen molar-refractivity contribution in [2.75, 3.05) is 19.8 Å². The van der Waals surface area contributed by atoms with Crippen LogP contribution in [0.15, 0.2) is 48.5 Å². The number of carbonyl (C=O) groups is 1. The number of hydrogen-bond donors (Lipinski definition) is 1. The normalized spacial score (nSPS) is 16.1. The van der Waals surface area contributed by atoms with Crippen LogP contribution in [0.3, 0.4) is 0 Å². The molecular formula is C19H20FNO3. The third-order valence-corrected chi connectivity index (χ3v) is 4.08. The third-order valence-electron chi connectivity index (χ3n) is 4.08. The molecule has 4 nitrogen and oxygen atoms in total. The lowest BCUT2D eigenvalue weighted by Gasteiger charge is -2.22. The molecule has 1 saturated heterocycles. The predicted octanol–water partition coefficient (Wildman–Crippen LogP) is 3.38. The van der Waals surface area contributed by atoms with Crippen LogP contribution in [0.4, 0.5) is 4.39 Å². The van der Waals surface area contributed by atoms with Crippen LogP contribution in [-0.2, 0) is 9.47 Å². The fourth-order valence-electron chi connectivity index (χ4n) is 2.71. The lowest BCUT2D eigenvalue weighted by atomic mass is 10.0. The minimum absolute atomic E-state index is 0.0368. The van der Waals surface area contributed by atoms with Gasteiger partial charge >= 0.3 is 0 Å². The first-order valence-electron chi connectivity index (χ1n) is 7.98. The van der Waals surface area contributed by atoms with Gasteiger partial charge in [-0.05, 0) is 30.2 Å². The minimum Gasteiger partial charge on any atom is -0.352 e. The zero-order valence-electron chi connectivity index (χ0n) is 13.5. The summed E-state index contributed by atoms with van der Waals surface area (Å²) in [6.45, 7) is 3.30. The molecule has 0 saturated carbocycles. The van der Waals surface area contributed by atoms with E-state index in [0.717, 1.165) is 11.1 Å². The van der Waals surface area contributed by atoms with E-state index in [1.807, 2.05) is 37.3 Å². The van der Waals surface area contributed by atoms with E-state index in [1.165, 1.54) is 6.07 Å². The van der Waals surface area contributed by atoms with E-state index < -0.39 is 17.5 Å². The van der Waals surface area contributed by atoms with Crippen LogP contribution in [-0.4, -0.2) is 31.5 Å². The van der Waals surface area contributed by atoms with E-state index in [0.29, 0.717) is 26.2 Å². The maximum Gasteiger partial charge on any atom is 0.254 e. The Balaban J connectivity index is 1.68. The van der Waals surface area contributed by atoms with Crippen molar-refractivity contribution in [1.82, 2.24) is 5.32 Å². The zero-order valence-corrected chi connectivity index (χ0v) is 13.5. The van der Waals surface area contributed by atoms with Crippen LogP contribution >= 0.6 is 0 Å². The van der Waals surface area contributed by atoms with E-state index in [2.05, 4.69) is 5.32 Å². The van der Waals surface area contributed by atoms with Crippen molar-refractivity contribution < 1.29 is 18.7 Å². The molecule has 1 amide bonds. The Hall–Kier alpha value is -2.24. The molecule has 1 heterocycles. The van der Waals surface area contributed by atoms with Gasteiger partial charge in [0.25, 0.3) is 5.91 Å². The molecule has 5 heteroatoms. The van der Waals surface area contributed by atoms with Crippen LogP contribution in [0, 0.1) is 5.82 Å². The highest BCUT2D eigenvalue weighted by Gasteiger charge is 2.30. The molecule has 1 aliphatic rings. The van der Waals surface area contributed by atoms with Crippen molar-refractivity contribution in [3.8, 4) is 11.1 Å². The predicted molar refractivity (Wildman–Crippen MR) is 89.1 cm³/mol. The Morgan fingerprint density at radius 3 is 2.54 bits per heavy atom. The number of nitrogens with one attached hydrogen (secondary N) is 1. The van der Waals surface area contributed by atoms with E-state index in [4.69, 9.17) is 9.47 Å². The van der Waals surface area contributed by atoms with Gasteiger partial charge in [-0.1, -0.05) is 36.4 Å². The van der Waals surface area contributed by atoms with Gasteiger partial charge < -0.3 is 14.8 Å². The topological polar surface area (TPSA) is 47.6 Å². The van der Waals surface area contributed by atoms with Gasteiger partial charge in [-0.25, -0.2) is 4.39 Å². The monoisotopic (exact) mass is 329 g/mol. The average molecular weight is 329 g/mol. The lowest BCUT2D eigenvalue weighted by Crippen LogP contribution is -2.33. The van der Waals surface area contributed by atoms with Gasteiger partial charge in [0.2, 0.25) is 0 Å². The number of rotatable bonds is 5. The average Bonchev–Trinajstić information content (AvgIpc) is 3.02. The van der Waals surface area contributed by atoms with Crippen LogP contribution in [0.5, 0.6) is 0 Å². The summed E-state index contributed by atoms with van der Waals surface area (Å²) in [6, 6.07) is 14.1. The summed E-state index contributed by atoms with van der Waals surface area (Å²) in [4.78, 5) is 12.3. The summed E-state index contributed by atoms with van der Waals surface area (Å²) in [7, 11) is 0. The molecule has 2 aromatic carbocycles. The lowest BCUT2D eigenvalue weighted by molar-refractivity contribution is -0.145. The zero-order chi connectivity index (χ0) is 17.0. The highest BCUT2D eigenvalue weighted by molar-refractivity contribution is 5.95. The van der Waals surface area contributed by atoms with Crippen molar-refractivity contribution in [3.05, 3.63) is 59.9 Å². The van der Waals surface area contributed by atoms with Crippen molar-refractivity contribution >= 4 is 5.91 Å². The van der Waals surface area contributed by atoms with E-state index in [1.54, 1.807) is 12.1 Å². The van der Waals surface area contributed by atoms with Gasteiger partial charge in [0.15, 0.2) is 5.79 Å². The Morgan fingerprint density at radius 2 is 1.83 bits per heavy atom. The summed E-state index contributed by atoms with van der Waals surface area (Å²) >= 11 is 0. The van der Waals surface area contributed by atoms with Gasteiger partial charge in [-0.15, -0.1) is 0 Å². The van der Waals surface area contributed by atoms with Crippen LogP contribution in [0.25, 0.3) is 11.1 Å². The molecule has 0 radical (unpaired) electrons. The quantitative estimate of drug-likeness (QED) is 0.915. The molecule has 1 N–H and O–H groups in total. The van der Waals surface area contributed by atoms with Crippen LogP contribution in [0.1, 0.15) is 23.7 Å². The van der Waals surface area contributed by atoms with Gasteiger partial charge in [-0.2, -0.15) is 0 Å². The Morgan fingerprint density at radius 1 is 1.12 bits per heavy atom. The Labute approximate surface area is 140 Å². The van der Waals surface area contributed by atoms with Gasteiger partial charge in [-0.3, -0.25) is 4.79 Å². The van der Waals surface area contributed by atoms with E-state index in [-0.39, 0.29) is 5.56 Å². The number of halogens is 1. The molecule has 3 rings (SSSR count). The number of amides is 1. The number of hydrogen-bond acceptors (Lipinski definition) is 3. The molecule has 1 aliphatic heterocycles. The number of ether oxygens (including phenoxy) is 2. The molecule has 1 fully saturated rings. The van der Waals surface area contributed by atoms with Crippen molar-refractivity contribution in [2.24, 2.45) is 0 Å². The largest absolute Gasteiger partial charge is 0.352 e. The van der Waals surface area contributed by atoms with Gasteiger partial charge in [0.1, 0.15) is 5.82 Å². The van der Waals surface area contributed by atoms with Crippen LogP contribution < -0.4 is 5.32 Å². The first-order chi connectivity index (χ1) is 11.6. The molecular weight excluding hydrogens is 309 g/mol. The molecule has 0 aliphatic carbocycles. The van der Waals surface area contributed by atoms with Crippen LogP contribution in [0.2, 0.25) is 0 Å². The Bertz CT molecular complexity index is 712. The second kappa shape index (κ2) is 7.11. The second-order valence-electron chi connectivity index (χ2n) is 5.90. The minimum atomic E-state index is -0.669.